The summed E-state index contributed by atoms with van der Waals surface area (Å²) in [7, 11) is 0. The Hall–Kier alpha value is -0.230. The molecule has 16 heavy (non-hydrogen) atoms. The van der Waals surface area contributed by atoms with Gasteiger partial charge >= 0.3 is 0 Å². The van der Waals surface area contributed by atoms with Crippen LogP contribution < -0.4 is 5.73 Å². The molecular weight excluding hydrogens is 304 g/mol. The maximum Gasteiger partial charge on any atom is 0.110 e. The van der Waals surface area contributed by atoms with Crippen molar-refractivity contribution in [1.82, 2.24) is 4.98 Å². The molecule has 2 rings (SSSR count). The molecule has 86 valence electrons. The van der Waals surface area contributed by atoms with Crippen molar-refractivity contribution in [3.63, 3.8) is 0 Å². The summed E-state index contributed by atoms with van der Waals surface area (Å²) in [6, 6.07) is 2.13. The van der Waals surface area contributed by atoms with E-state index in [0.717, 1.165) is 15.2 Å². The van der Waals surface area contributed by atoms with Crippen molar-refractivity contribution >= 4 is 38.6 Å². The molecule has 0 aliphatic heterocycles. The molecule has 0 fully saturated rings. The predicted molar refractivity (Wildman–Crippen MR) is 74.9 cm³/mol. The second kappa shape index (κ2) is 4.96. The molecule has 0 amide bonds. The van der Waals surface area contributed by atoms with E-state index in [9.17, 15) is 0 Å². The van der Waals surface area contributed by atoms with Crippen LogP contribution in [0.25, 0.3) is 10.6 Å². The fraction of sp³-hybridized carbons (Fsp3) is 0.364. The van der Waals surface area contributed by atoms with E-state index in [1.807, 2.05) is 0 Å². The number of thiazole rings is 1. The highest BCUT2D eigenvalue weighted by Crippen LogP contribution is 2.32. The van der Waals surface area contributed by atoms with Crippen LogP contribution in [0.15, 0.2) is 21.3 Å². The van der Waals surface area contributed by atoms with E-state index in [1.54, 1.807) is 22.7 Å². The molecular formula is C11H13BrN2S2. The topological polar surface area (TPSA) is 38.9 Å². The van der Waals surface area contributed by atoms with Crippen LogP contribution in [-0.4, -0.2) is 4.98 Å². The number of halogens is 1. The molecule has 1 unspecified atom stereocenters. The van der Waals surface area contributed by atoms with Crippen LogP contribution >= 0.6 is 38.6 Å². The number of hydrogen-bond acceptors (Lipinski definition) is 4. The zero-order chi connectivity index (χ0) is 11.7. The highest BCUT2D eigenvalue weighted by Gasteiger charge is 2.15. The van der Waals surface area contributed by atoms with Gasteiger partial charge in [-0.15, -0.1) is 22.7 Å². The Bertz CT molecular complexity index is 476. The molecule has 2 aromatic heterocycles. The molecule has 0 aliphatic carbocycles. The summed E-state index contributed by atoms with van der Waals surface area (Å²) in [5.74, 6) is 0.425. The molecule has 0 bridgehead atoms. The first-order valence-electron chi connectivity index (χ1n) is 5.03. The average molecular weight is 317 g/mol. The SMILES string of the molecule is CC(C)C(N)c1nc(-c2cc(Br)cs2)cs1. The number of aromatic nitrogens is 1. The first-order valence-corrected chi connectivity index (χ1v) is 7.58. The summed E-state index contributed by atoms with van der Waals surface area (Å²) in [4.78, 5) is 5.78. The lowest BCUT2D eigenvalue weighted by Crippen LogP contribution is -2.16. The molecule has 2 aromatic rings. The van der Waals surface area contributed by atoms with Gasteiger partial charge in [-0.05, 0) is 27.9 Å². The third kappa shape index (κ3) is 2.53. The third-order valence-corrected chi connectivity index (χ3v) is 5.00. The van der Waals surface area contributed by atoms with E-state index >= 15 is 0 Å². The molecule has 2 heterocycles. The normalized spacial score (nSPS) is 13.3. The summed E-state index contributed by atoms with van der Waals surface area (Å²) in [5.41, 5.74) is 7.11. The van der Waals surface area contributed by atoms with Gasteiger partial charge in [-0.2, -0.15) is 0 Å². The van der Waals surface area contributed by atoms with E-state index in [-0.39, 0.29) is 6.04 Å². The molecule has 0 aromatic carbocycles. The van der Waals surface area contributed by atoms with Crippen molar-refractivity contribution in [1.29, 1.82) is 0 Å². The Balaban J connectivity index is 2.26. The predicted octanol–water partition coefficient (Wildman–Crippen LogP) is 4.29. The van der Waals surface area contributed by atoms with Gasteiger partial charge in [0.05, 0.1) is 16.6 Å². The maximum atomic E-state index is 6.08. The monoisotopic (exact) mass is 316 g/mol. The van der Waals surface area contributed by atoms with Gasteiger partial charge in [-0.3, -0.25) is 0 Å². The highest BCUT2D eigenvalue weighted by molar-refractivity contribution is 9.10. The minimum absolute atomic E-state index is 0.0437. The van der Waals surface area contributed by atoms with Gasteiger partial charge in [-0.1, -0.05) is 13.8 Å². The fourth-order valence-electron chi connectivity index (χ4n) is 1.29. The minimum atomic E-state index is 0.0437. The van der Waals surface area contributed by atoms with Crippen molar-refractivity contribution in [3.8, 4) is 10.6 Å². The van der Waals surface area contributed by atoms with Crippen LogP contribution in [0.1, 0.15) is 24.9 Å². The molecule has 2 nitrogen and oxygen atoms in total. The molecule has 2 N–H and O–H groups in total. The lowest BCUT2D eigenvalue weighted by molar-refractivity contribution is 0.512. The molecule has 1 atom stereocenters. The van der Waals surface area contributed by atoms with Gasteiger partial charge in [0.25, 0.3) is 0 Å². The van der Waals surface area contributed by atoms with Gasteiger partial charge < -0.3 is 5.73 Å². The van der Waals surface area contributed by atoms with Crippen LogP contribution in [0.5, 0.6) is 0 Å². The largest absolute Gasteiger partial charge is 0.322 e. The van der Waals surface area contributed by atoms with Crippen LogP contribution in [-0.2, 0) is 0 Å². The van der Waals surface area contributed by atoms with Crippen molar-refractivity contribution in [2.75, 3.05) is 0 Å². The van der Waals surface area contributed by atoms with Gasteiger partial charge in [0.2, 0.25) is 0 Å². The number of thiophene rings is 1. The van der Waals surface area contributed by atoms with E-state index in [4.69, 9.17) is 5.73 Å². The lowest BCUT2D eigenvalue weighted by atomic mass is 10.1. The zero-order valence-corrected chi connectivity index (χ0v) is 12.3. The number of hydrogen-bond donors (Lipinski definition) is 1. The second-order valence-electron chi connectivity index (χ2n) is 3.97. The summed E-state index contributed by atoms with van der Waals surface area (Å²) < 4.78 is 1.11. The average Bonchev–Trinajstić information content (AvgIpc) is 2.84. The zero-order valence-electron chi connectivity index (χ0n) is 9.11. The summed E-state index contributed by atoms with van der Waals surface area (Å²) in [5, 5.41) is 5.17. The first-order chi connectivity index (χ1) is 7.58. The summed E-state index contributed by atoms with van der Waals surface area (Å²) in [6.07, 6.45) is 0. The quantitative estimate of drug-likeness (QED) is 0.917. The second-order valence-corrected chi connectivity index (χ2v) is 6.69. The first kappa shape index (κ1) is 12.2. The fourth-order valence-corrected chi connectivity index (χ4v) is 3.74. The van der Waals surface area contributed by atoms with Crippen LogP contribution in [0.4, 0.5) is 0 Å². The summed E-state index contributed by atoms with van der Waals surface area (Å²) >= 11 is 6.79. The molecule has 0 radical (unpaired) electrons. The molecule has 0 aliphatic rings. The maximum absolute atomic E-state index is 6.08. The van der Waals surface area contributed by atoms with E-state index in [0.29, 0.717) is 5.92 Å². The Morgan fingerprint density at radius 1 is 1.31 bits per heavy atom. The Morgan fingerprint density at radius 2 is 2.06 bits per heavy atom. The number of nitrogens with two attached hydrogens (primary N) is 1. The van der Waals surface area contributed by atoms with E-state index in [2.05, 4.69) is 51.6 Å². The summed E-state index contributed by atoms with van der Waals surface area (Å²) in [6.45, 7) is 4.24. The van der Waals surface area contributed by atoms with Crippen molar-refractivity contribution in [3.05, 3.63) is 26.3 Å². The van der Waals surface area contributed by atoms with Gasteiger partial charge in [0.1, 0.15) is 5.01 Å². The van der Waals surface area contributed by atoms with E-state index < -0.39 is 0 Å². The van der Waals surface area contributed by atoms with E-state index in [1.165, 1.54) is 4.88 Å². The van der Waals surface area contributed by atoms with Crippen molar-refractivity contribution in [2.24, 2.45) is 11.7 Å². The molecule has 0 saturated carbocycles. The minimum Gasteiger partial charge on any atom is -0.322 e. The van der Waals surface area contributed by atoms with Crippen LogP contribution in [0.2, 0.25) is 0 Å². The van der Waals surface area contributed by atoms with Gasteiger partial charge in [0.15, 0.2) is 0 Å². The van der Waals surface area contributed by atoms with Crippen LogP contribution in [0, 0.1) is 5.92 Å². The molecule has 0 spiro atoms. The highest BCUT2D eigenvalue weighted by atomic mass is 79.9. The standard InChI is InChI=1S/C11H13BrN2S2/c1-6(2)10(13)11-14-8(5-16-11)9-3-7(12)4-15-9/h3-6,10H,13H2,1-2H3. The smallest absolute Gasteiger partial charge is 0.110 e. The van der Waals surface area contributed by atoms with Crippen molar-refractivity contribution in [2.45, 2.75) is 19.9 Å². The molecule has 0 saturated heterocycles. The Labute approximate surface area is 112 Å². The lowest BCUT2D eigenvalue weighted by Gasteiger charge is -2.11. The number of nitrogens with zero attached hydrogens (tertiary/aromatic N) is 1. The van der Waals surface area contributed by atoms with Crippen LogP contribution in [0.3, 0.4) is 0 Å². The van der Waals surface area contributed by atoms with Crippen molar-refractivity contribution < 1.29 is 0 Å². The third-order valence-electron chi connectivity index (χ3n) is 2.35. The Morgan fingerprint density at radius 3 is 2.62 bits per heavy atom. The molecule has 5 heteroatoms. The van der Waals surface area contributed by atoms with Gasteiger partial charge in [0, 0.05) is 15.2 Å². The Kier molecular flexibility index (Phi) is 3.79. The van der Waals surface area contributed by atoms with Gasteiger partial charge in [-0.25, -0.2) is 4.98 Å². The number of rotatable bonds is 3.